The molecule has 160 valence electrons. The van der Waals surface area contributed by atoms with Gasteiger partial charge in [-0.3, -0.25) is 0 Å². The van der Waals surface area contributed by atoms with E-state index in [2.05, 4.69) is 15.0 Å². The molecule has 2 aromatic rings. The second-order valence-corrected chi connectivity index (χ2v) is 13.9. The summed E-state index contributed by atoms with van der Waals surface area (Å²) in [5.41, 5.74) is 0. The standard InChI is InChI=1S/C18H25N5O4P3/c1-3-9-17(10-4-1)26-30(27-18-11-5-2-6-12-18)22-28(19-13-7-15-24-28)21-29(23-30)20-14-8-16-25-29/h1-6,9-12,19-20,22H,7-8,13-16H2/q+1/t28-,29?/m1/s1. The van der Waals surface area contributed by atoms with Crippen LogP contribution in [0.5, 0.6) is 11.5 Å². The van der Waals surface area contributed by atoms with Crippen LogP contribution >= 0.6 is 23.2 Å². The van der Waals surface area contributed by atoms with Crippen LogP contribution in [0, 0.1) is 0 Å². The summed E-state index contributed by atoms with van der Waals surface area (Å²) in [7, 11) is -8.43. The third-order valence-electron chi connectivity index (χ3n) is 4.53. The van der Waals surface area contributed by atoms with Gasteiger partial charge in [-0.05, 0) is 41.6 Å². The maximum absolute atomic E-state index is 6.47. The first-order valence-electron chi connectivity index (χ1n) is 9.94. The second-order valence-electron chi connectivity index (χ2n) is 6.92. The van der Waals surface area contributed by atoms with Crippen molar-refractivity contribution in [2.45, 2.75) is 12.8 Å². The van der Waals surface area contributed by atoms with Gasteiger partial charge >= 0.3 is 15.6 Å². The molecular weight excluding hydrogens is 443 g/mol. The van der Waals surface area contributed by atoms with Gasteiger partial charge in [0.15, 0.2) is 0 Å². The molecule has 3 aliphatic heterocycles. The Morgan fingerprint density at radius 2 is 1.50 bits per heavy atom. The summed E-state index contributed by atoms with van der Waals surface area (Å²) in [5.74, 6) is 1.32. The molecule has 2 spiro atoms. The quantitative estimate of drug-likeness (QED) is 0.522. The Hall–Kier alpha value is -1.27. The first-order valence-corrected chi connectivity index (χ1v) is 14.8. The van der Waals surface area contributed by atoms with Crippen LogP contribution < -0.4 is 24.1 Å². The molecule has 30 heavy (non-hydrogen) atoms. The van der Waals surface area contributed by atoms with Gasteiger partial charge in [-0.2, -0.15) is 4.52 Å². The molecule has 9 nitrogen and oxygen atoms in total. The van der Waals surface area contributed by atoms with Crippen molar-refractivity contribution in [1.29, 1.82) is 0 Å². The van der Waals surface area contributed by atoms with Gasteiger partial charge in [0.25, 0.3) is 7.58 Å². The largest absolute Gasteiger partial charge is 0.472 e. The van der Waals surface area contributed by atoms with E-state index in [4.69, 9.17) is 27.1 Å². The van der Waals surface area contributed by atoms with Gasteiger partial charge in [0, 0.05) is 17.6 Å². The summed E-state index contributed by atoms with van der Waals surface area (Å²) >= 11 is 0. The maximum atomic E-state index is 6.47. The zero-order valence-electron chi connectivity index (χ0n) is 16.4. The molecule has 2 fully saturated rings. The van der Waals surface area contributed by atoms with Crippen LogP contribution in [0.4, 0.5) is 0 Å². The Morgan fingerprint density at radius 1 is 0.833 bits per heavy atom. The van der Waals surface area contributed by atoms with E-state index in [9.17, 15) is 0 Å². The van der Waals surface area contributed by atoms with Crippen LogP contribution in [0.3, 0.4) is 0 Å². The second kappa shape index (κ2) is 8.70. The summed E-state index contributed by atoms with van der Waals surface area (Å²) in [6.07, 6.45) is 1.82. The van der Waals surface area contributed by atoms with E-state index in [0.29, 0.717) is 24.7 Å². The number of nitrogens with one attached hydrogen (secondary N) is 3. The molecule has 3 N–H and O–H groups in total. The molecule has 0 bridgehead atoms. The summed E-state index contributed by atoms with van der Waals surface area (Å²) in [6.45, 7) is 2.76. The van der Waals surface area contributed by atoms with Crippen LogP contribution in [0.15, 0.2) is 69.7 Å². The van der Waals surface area contributed by atoms with Gasteiger partial charge in [-0.15, -0.1) is 9.95 Å². The fourth-order valence-corrected chi connectivity index (χ4v) is 14.0. The van der Waals surface area contributed by atoms with Gasteiger partial charge in [-0.25, -0.2) is 5.09 Å². The number of nitrogens with zero attached hydrogens (tertiary/aromatic N) is 2. The maximum Gasteiger partial charge on any atom is 0.472 e. The molecule has 2 atom stereocenters. The molecule has 2 saturated heterocycles. The van der Waals surface area contributed by atoms with Crippen molar-refractivity contribution in [3.05, 3.63) is 60.7 Å². The SMILES string of the molecule is c1ccc(OP2(Oc3ccccc3)=N[P+]3(N=[P@]4(NCCCO4)N2)NCCCO3)cc1. The summed E-state index contributed by atoms with van der Waals surface area (Å²) in [6, 6.07) is 19.1. The molecule has 0 radical (unpaired) electrons. The third-order valence-corrected chi connectivity index (χ3v) is 13.8. The molecule has 5 rings (SSSR count). The Kier molecular flexibility index (Phi) is 5.98. The van der Waals surface area contributed by atoms with Crippen molar-refractivity contribution < 1.29 is 18.1 Å². The van der Waals surface area contributed by atoms with Gasteiger partial charge in [0.05, 0.1) is 13.2 Å². The van der Waals surface area contributed by atoms with Crippen LogP contribution in [-0.4, -0.2) is 26.3 Å². The normalized spacial score (nSPS) is 30.3. The summed E-state index contributed by atoms with van der Waals surface area (Å²) in [5, 5.41) is 6.88. The van der Waals surface area contributed by atoms with Crippen LogP contribution in [0.1, 0.15) is 12.8 Å². The number of para-hydroxylation sites is 2. The topological polar surface area (TPSA) is 97.7 Å². The van der Waals surface area contributed by atoms with Crippen molar-refractivity contribution in [2.24, 2.45) is 9.03 Å². The highest BCUT2D eigenvalue weighted by Gasteiger charge is 2.58. The Bertz CT molecular complexity index is 930. The van der Waals surface area contributed by atoms with Crippen molar-refractivity contribution in [3.63, 3.8) is 0 Å². The zero-order chi connectivity index (χ0) is 20.3. The van der Waals surface area contributed by atoms with Gasteiger partial charge in [-0.1, -0.05) is 36.4 Å². The lowest BCUT2D eigenvalue weighted by Gasteiger charge is -2.37. The monoisotopic (exact) mass is 468 g/mol. The van der Waals surface area contributed by atoms with Crippen molar-refractivity contribution in [2.75, 3.05) is 26.3 Å². The number of benzene rings is 2. The first kappa shape index (κ1) is 20.6. The lowest BCUT2D eigenvalue weighted by molar-refractivity contribution is 0.293. The average molecular weight is 468 g/mol. The predicted molar refractivity (Wildman–Crippen MR) is 120 cm³/mol. The molecule has 0 saturated carbocycles. The minimum absolute atomic E-state index is 0.588. The average Bonchev–Trinajstić information content (AvgIpc) is 2.75. The fraction of sp³-hybridized carbons (Fsp3) is 0.333. The Morgan fingerprint density at radius 3 is 2.07 bits per heavy atom. The molecular formula is C18H25N5O4P3+. The minimum atomic E-state index is -3.10. The smallest absolute Gasteiger partial charge is 0.417 e. The van der Waals surface area contributed by atoms with E-state index in [1.807, 2.05) is 60.7 Å². The van der Waals surface area contributed by atoms with Crippen LogP contribution in [-0.2, 0) is 9.05 Å². The summed E-state index contributed by atoms with van der Waals surface area (Å²) < 4.78 is 35.3. The fourth-order valence-electron chi connectivity index (χ4n) is 3.22. The van der Waals surface area contributed by atoms with E-state index in [0.717, 1.165) is 25.9 Å². The lowest BCUT2D eigenvalue weighted by atomic mass is 10.3. The van der Waals surface area contributed by atoms with Gasteiger partial charge < -0.3 is 13.6 Å². The highest BCUT2D eigenvalue weighted by atomic mass is 31.3. The highest BCUT2D eigenvalue weighted by molar-refractivity contribution is 7.85. The number of rotatable bonds is 4. The molecule has 0 amide bonds. The molecule has 1 unspecified atom stereocenters. The highest BCUT2D eigenvalue weighted by Crippen LogP contribution is 2.78. The number of hydrogen-bond donors (Lipinski definition) is 3. The molecule has 2 aromatic carbocycles. The Balaban J connectivity index is 1.63. The molecule has 0 aromatic heterocycles. The lowest BCUT2D eigenvalue weighted by Crippen LogP contribution is -2.35. The Labute approximate surface area is 177 Å². The van der Waals surface area contributed by atoms with Crippen molar-refractivity contribution in [1.82, 2.24) is 15.0 Å². The van der Waals surface area contributed by atoms with E-state index >= 15 is 0 Å². The summed E-state index contributed by atoms with van der Waals surface area (Å²) in [4.78, 5) is 3.47. The molecule has 3 heterocycles. The van der Waals surface area contributed by atoms with E-state index in [-0.39, 0.29) is 0 Å². The predicted octanol–water partition coefficient (Wildman–Crippen LogP) is 5.34. The third kappa shape index (κ3) is 4.50. The molecule has 12 heteroatoms. The first-order chi connectivity index (χ1) is 14.7. The van der Waals surface area contributed by atoms with Crippen molar-refractivity contribution in [3.8, 4) is 11.5 Å². The number of hydrogen-bond acceptors (Lipinski definition) is 9. The van der Waals surface area contributed by atoms with Gasteiger partial charge in [0.2, 0.25) is 0 Å². The minimum Gasteiger partial charge on any atom is -0.417 e. The van der Waals surface area contributed by atoms with E-state index in [1.165, 1.54) is 0 Å². The van der Waals surface area contributed by atoms with Crippen LogP contribution in [0.2, 0.25) is 0 Å². The van der Waals surface area contributed by atoms with Gasteiger partial charge in [0.1, 0.15) is 11.5 Å². The molecule has 0 aliphatic carbocycles. The zero-order valence-corrected chi connectivity index (χ0v) is 19.1. The van der Waals surface area contributed by atoms with E-state index in [1.54, 1.807) is 0 Å². The molecule has 3 aliphatic rings. The van der Waals surface area contributed by atoms with Crippen LogP contribution in [0.25, 0.3) is 0 Å². The van der Waals surface area contributed by atoms with E-state index < -0.39 is 23.2 Å². The van der Waals surface area contributed by atoms with Crippen molar-refractivity contribution >= 4 is 23.2 Å².